The molecule has 33 heavy (non-hydrogen) atoms. The number of methoxy groups -OCH3 is 1. The maximum absolute atomic E-state index is 13.3. The fraction of sp³-hybridized carbons (Fsp3) is 0.464. The van der Waals surface area contributed by atoms with Crippen LogP contribution in [0, 0.1) is 23.6 Å². The van der Waals surface area contributed by atoms with E-state index < -0.39 is 0 Å². The second-order valence-corrected chi connectivity index (χ2v) is 10.1. The van der Waals surface area contributed by atoms with Crippen LogP contribution in [0.1, 0.15) is 62.6 Å². The van der Waals surface area contributed by atoms with Crippen molar-refractivity contribution in [1.82, 2.24) is 4.90 Å². The van der Waals surface area contributed by atoms with Crippen molar-refractivity contribution in [3.05, 3.63) is 59.4 Å². The van der Waals surface area contributed by atoms with Crippen LogP contribution in [0.3, 0.4) is 0 Å². The van der Waals surface area contributed by atoms with Crippen LogP contribution in [-0.2, 0) is 11.2 Å². The maximum Gasteiger partial charge on any atom is 0.299 e. The van der Waals surface area contributed by atoms with E-state index in [4.69, 9.17) is 11.2 Å². The molecule has 4 aliphatic rings. The summed E-state index contributed by atoms with van der Waals surface area (Å²) in [6, 6.07) is 12.9. The van der Waals surface area contributed by atoms with E-state index in [9.17, 15) is 9.18 Å². The van der Waals surface area contributed by atoms with Gasteiger partial charge in [-0.2, -0.15) is 0 Å². The number of terminal acetylenes is 1. The first-order valence-corrected chi connectivity index (χ1v) is 11.9. The molecule has 2 aromatic carbocycles. The van der Waals surface area contributed by atoms with E-state index in [0.717, 1.165) is 56.4 Å². The molecule has 0 aromatic heterocycles. The third kappa shape index (κ3) is 3.57. The highest BCUT2D eigenvalue weighted by Crippen LogP contribution is 2.74. The topological polar surface area (TPSA) is 41.6 Å². The van der Waals surface area contributed by atoms with Gasteiger partial charge >= 0.3 is 0 Å². The summed E-state index contributed by atoms with van der Waals surface area (Å²) in [6.45, 7) is 2.18. The Morgan fingerprint density at radius 3 is 2.61 bits per heavy atom. The summed E-state index contributed by atoms with van der Waals surface area (Å²) in [4.78, 5) is 15.1. The summed E-state index contributed by atoms with van der Waals surface area (Å²) in [7, 11) is 1.69. The van der Waals surface area contributed by atoms with Crippen molar-refractivity contribution in [2.24, 2.45) is 5.41 Å². The summed E-state index contributed by atoms with van der Waals surface area (Å²) >= 11 is 0. The molecular formula is C28H31FN2O2. The predicted octanol–water partition coefficient (Wildman–Crippen LogP) is 5.49. The molecule has 2 bridgehead atoms. The molecule has 1 amide bonds. The average Bonchev–Trinajstić information content (AvgIpc) is 2.78. The number of amides is 1. The van der Waals surface area contributed by atoms with Gasteiger partial charge < -0.3 is 15.0 Å². The third-order valence-electron chi connectivity index (χ3n) is 7.93. The lowest BCUT2D eigenvalue weighted by atomic mass is 9.36. The number of unbranched alkanes of at least 4 members (excludes halogenated alkanes) is 1. The quantitative estimate of drug-likeness (QED) is 0.572. The van der Waals surface area contributed by atoms with Gasteiger partial charge in [-0.05, 0) is 85.5 Å². The van der Waals surface area contributed by atoms with Crippen LogP contribution in [0.4, 0.5) is 10.1 Å². The fourth-order valence-electron chi connectivity index (χ4n) is 6.66. The molecule has 2 aromatic rings. The largest absolute Gasteiger partial charge is 0.497 e. The van der Waals surface area contributed by atoms with Gasteiger partial charge in [0, 0.05) is 22.7 Å². The molecule has 3 saturated carbocycles. The predicted molar refractivity (Wildman–Crippen MR) is 127 cm³/mol. The number of nitrogens with one attached hydrogen (secondary N) is 1. The molecule has 4 nitrogen and oxygen atoms in total. The number of rotatable bonds is 7. The zero-order chi connectivity index (χ0) is 23.2. The molecule has 3 fully saturated rings. The van der Waals surface area contributed by atoms with Crippen molar-refractivity contribution in [1.29, 1.82) is 0 Å². The lowest BCUT2D eigenvalue weighted by Crippen LogP contribution is -2.75. The summed E-state index contributed by atoms with van der Waals surface area (Å²) in [5.41, 5.74) is 3.46. The summed E-state index contributed by atoms with van der Waals surface area (Å²) < 4.78 is 18.8. The van der Waals surface area contributed by atoms with Gasteiger partial charge in [-0.25, -0.2) is 4.39 Å². The van der Waals surface area contributed by atoms with Gasteiger partial charge in [0.2, 0.25) is 0 Å². The smallest absolute Gasteiger partial charge is 0.299 e. The molecule has 1 aliphatic heterocycles. The third-order valence-corrected chi connectivity index (χ3v) is 7.93. The number of carbonyl (C=O) groups excluding carboxylic acids is 1. The molecule has 0 unspecified atom stereocenters. The van der Waals surface area contributed by atoms with Gasteiger partial charge in [0.1, 0.15) is 11.6 Å². The van der Waals surface area contributed by atoms with Crippen LogP contribution in [0.15, 0.2) is 42.5 Å². The Hall–Kier alpha value is -3.00. The minimum Gasteiger partial charge on any atom is -0.497 e. The second-order valence-electron chi connectivity index (χ2n) is 10.1. The highest BCUT2D eigenvalue weighted by atomic mass is 19.1. The first kappa shape index (κ1) is 21.8. The standard InChI is InChI=1S/C28H31FN2O2/c1-4-6-7-22-14-19-15-23(33-3)12-13-24(19)26(31(22)25(32)5-2)27-16-28(17-27,18-27)30-21-10-8-20(29)9-11-21/h2,8-13,15,22,26,30H,4,6-7,14,16-18H2,1,3H3/t22-,26+,27?,28?/m0/s1. The fourth-order valence-corrected chi connectivity index (χ4v) is 6.66. The molecule has 2 atom stereocenters. The summed E-state index contributed by atoms with van der Waals surface area (Å²) in [6.07, 6.45) is 12.5. The van der Waals surface area contributed by atoms with E-state index in [1.165, 1.54) is 23.3 Å². The number of nitrogens with zero attached hydrogens (tertiary/aromatic N) is 1. The molecule has 0 saturated heterocycles. The first-order chi connectivity index (χ1) is 15.9. The van der Waals surface area contributed by atoms with Crippen LogP contribution in [0.2, 0.25) is 0 Å². The number of fused-ring (bicyclic) bond motifs is 1. The zero-order valence-corrected chi connectivity index (χ0v) is 19.4. The van der Waals surface area contributed by atoms with E-state index >= 15 is 0 Å². The number of carbonyl (C=O) groups is 1. The lowest BCUT2D eigenvalue weighted by Gasteiger charge is -2.75. The Bertz CT molecular complexity index is 1080. The highest BCUT2D eigenvalue weighted by Gasteiger charge is 2.72. The Kier molecular flexibility index (Phi) is 5.35. The maximum atomic E-state index is 13.3. The molecular weight excluding hydrogens is 415 g/mol. The van der Waals surface area contributed by atoms with Crippen molar-refractivity contribution in [3.8, 4) is 18.1 Å². The van der Waals surface area contributed by atoms with E-state index in [1.807, 2.05) is 11.0 Å². The van der Waals surface area contributed by atoms with Crippen molar-refractivity contribution in [3.63, 3.8) is 0 Å². The number of benzene rings is 2. The van der Waals surface area contributed by atoms with E-state index in [-0.39, 0.29) is 34.8 Å². The SMILES string of the molecule is C#CC(=O)N1[C@@H](CCCC)Cc2cc(OC)ccc2[C@@H]1C12CC(Nc3ccc(F)cc3)(C1)C2. The minimum absolute atomic E-state index is 0.0190. The Morgan fingerprint density at radius 1 is 1.24 bits per heavy atom. The number of hydrogen-bond donors (Lipinski definition) is 1. The molecule has 6 rings (SSSR count). The van der Waals surface area contributed by atoms with E-state index in [2.05, 4.69) is 30.3 Å². The highest BCUT2D eigenvalue weighted by molar-refractivity contribution is 5.94. The van der Waals surface area contributed by atoms with Crippen LogP contribution in [0.25, 0.3) is 0 Å². The van der Waals surface area contributed by atoms with Crippen molar-refractivity contribution in [2.45, 2.75) is 69.5 Å². The zero-order valence-electron chi connectivity index (χ0n) is 19.4. The van der Waals surface area contributed by atoms with Gasteiger partial charge in [-0.15, -0.1) is 6.42 Å². The van der Waals surface area contributed by atoms with Gasteiger partial charge in [0.05, 0.1) is 13.2 Å². The first-order valence-electron chi connectivity index (χ1n) is 11.9. The summed E-state index contributed by atoms with van der Waals surface area (Å²) in [5, 5.41) is 3.63. The normalized spacial score (nSPS) is 29.2. The Balaban J connectivity index is 1.46. The average molecular weight is 447 g/mol. The van der Waals surface area contributed by atoms with Gasteiger partial charge in [0.15, 0.2) is 0 Å². The molecule has 1 heterocycles. The molecule has 0 radical (unpaired) electrons. The molecule has 172 valence electrons. The van der Waals surface area contributed by atoms with Crippen LogP contribution < -0.4 is 10.1 Å². The van der Waals surface area contributed by atoms with Crippen molar-refractivity contribution < 1.29 is 13.9 Å². The molecule has 3 aliphatic carbocycles. The minimum atomic E-state index is -0.231. The van der Waals surface area contributed by atoms with Crippen LogP contribution in [-0.4, -0.2) is 29.5 Å². The monoisotopic (exact) mass is 446 g/mol. The van der Waals surface area contributed by atoms with E-state index in [0.29, 0.717) is 0 Å². The Morgan fingerprint density at radius 2 is 1.97 bits per heavy atom. The van der Waals surface area contributed by atoms with E-state index in [1.54, 1.807) is 19.2 Å². The molecule has 0 spiro atoms. The molecule has 1 N–H and O–H groups in total. The second kappa shape index (κ2) is 8.09. The Labute approximate surface area is 195 Å². The van der Waals surface area contributed by atoms with Crippen LogP contribution >= 0.6 is 0 Å². The van der Waals surface area contributed by atoms with Gasteiger partial charge in [-0.1, -0.05) is 25.8 Å². The number of anilines is 1. The van der Waals surface area contributed by atoms with Crippen LogP contribution in [0.5, 0.6) is 5.75 Å². The lowest BCUT2D eigenvalue weighted by molar-refractivity contribution is -0.186. The number of halogens is 1. The summed E-state index contributed by atoms with van der Waals surface area (Å²) in [5.74, 6) is 2.85. The van der Waals surface area contributed by atoms with Gasteiger partial charge in [-0.3, -0.25) is 4.79 Å². The van der Waals surface area contributed by atoms with Crippen molar-refractivity contribution >= 4 is 11.6 Å². The van der Waals surface area contributed by atoms with Crippen molar-refractivity contribution in [2.75, 3.05) is 12.4 Å². The number of hydrogen-bond acceptors (Lipinski definition) is 3. The van der Waals surface area contributed by atoms with Gasteiger partial charge in [0.25, 0.3) is 5.91 Å². The number of ether oxygens (including phenoxy) is 1. The molecule has 5 heteroatoms.